The van der Waals surface area contributed by atoms with Crippen LogP contribution in [0.15, 0.2) is 18.2 Å². The summed E-state index contributed by atoms with van der Waals surface area (Å²) >= 11 is 5.85. The van der Waals surface area contributed by atoms with E-state index in [2.05, 4.69) is 0 Å². The Morgan fingerprint density at radius 3 is 2.44 bits per heavy atom. The van der Waals surface area contributed by atoms with E-state index in [4.69, 9.17) is 26.6 Å². The van der Waals surface area contributed by atoms with Gasteiger partial charge in [-0.15, -0.1) is 0 Å². The van der Waals surface area contributed by atoms with Gasteiger partial charge in [0.1, 0.15) is 5.75 Å². The van der Waals surface area contributed by atoms with Crippen molar-refractivity contribution in [2.45, 2.75) is 0 Å². The normalized spacial score (nSPS) is 10.2. The molecule has 18 heavy (non-hydrogen) atoms. The van der Waals surface area contributed by atoms with Crippen LogP contribution >= 0.6 is 11.6 Å². The fourth-order valence-electron chi connectivity index (χ4n) is 1.57. The molecule has 0 heterocycles. The van der Waals surface area contributed by atoms with Crippen LogP contribution in [0.2, 0.25) is 5.02 Å². The van der Waals surface area contributed by atoms with Gasteiger partial charge < -0.3 is 19.8 Å². The molecule has 0 aromatic heterocycles. The molecule has 0 spiro atoms. The van der Waals surface area contributed by atoms with Crippen molar-refractivity contribution < 1.29 is 19.7 Å². The molecule has 0 saturated carbocycles. The van der Waals surface area contributed by atoms with E-state index in [1.165, 1.54) is 18.1 Å². The maximum atomic E-state index is 12.2. The molecule has 0 unspecified atom stereocenters. The molecular formula is C12H16ClNO4. The molecule has 1 amide bonds. The number of hydrogen-bond donors (Lipinski definition) is 2. The number of carbonyl (C=O) groups is 1. The van der Waals surface area contributed by atoms with Crippen LogP contribution in [0.3, 0.4) is 0 Å². The van der Waals surface area contributed by atoms with Crippen molar-refractivity contribution in [1.82, 2.24) is 4.90 Å². The summed E-state index contributed by atoms with van der Waals surface area (Å²) in [7, 11) is 1.46. The van der Waals surface area contributed by atoms with E-state index in [0.29, 0.717) is 16.3 Å². The minimum atomic E-state index is -0.336. The van der Waals surface area contributed by atoms with Crippen LogP contribution in [0.5, 0.6) is 5.75 Å². The summed E-state index contributed by atoms with van der Waals surface area (Å²) in [6.45, 7) is -0.0482. The first-order valence-electron chi connectivity index (χ1n) is 5.48. The minimum Gasteiger partial charge on any atom is -0.496 e. The van der Waals surface area contributed by atoms with E-state index in [1.807, 2.05) is 0 Å². The number of benzene rings is 1. The Morgan fingerprint density at radius 2 is 1.94 bits per heavy atom. The molecule has 0 atom stereocenters. The predicted octanol–water partition coefficient (Wildman–Crippen LogP) is 0.775. The number of nitrogens with zero attached hydrogens (tertiary/aromatic N) is 1. The molecular weight excluding hydrogens is 258 g/mol. The van der Waals surface area contributed by atoms with E-state index >= 15 is 0 Å². The van der Waals surface area contributed by atoms with Crippen molar-refractivity contribution in [2.24, 2.45) is 0 Å². The van der Waals surface area contributed by atoms with Crippen molar-refractivity contribution in [3.05, 3.63) is 28.8 Å². The number of aliphatic hydroxyl groups excluding tert-OH is 2. The van der Waals surface area contributed by atoms with E-state index in [-0.39, 0.29) is 32.2 Å². The number of carbonyl (C=O) groups excluding carboxylic acids is 1. The third-order valence-electron chi connectivity index (χ3n) is 2.42. The predicted molar refractivity (Wildman–Crippen MR) is 68.1 cm³/mol. The summed E-state index contributed by atoms with van der Waals surface area (Å²) in [4.78, 5) is 13.6. The minimum absolute atomic E-state index is 0.148. The average molecular weight is 274 g/mol. The summed E-state index contributed by atoms with van der Waals surface area (Å²) in [5.41, 5.74) is 0.312. The van der Waals surface area contributed by atoms with Gasteiger partial charge in [0.2, 0.25) is 0 Å². The van der Waals surface area contributed by atoms with Crippen LogP contribution in [0.1, 0.15) is 10.4 Å². The second-order valence-corrected chi connectivity index (χ2v) is 4.02. The molecule has 5 nitrogen and oxygen atoms in total. The third-order valence-corrected chi connectivity index (χ3v) is 2.65. The van der Waals surface area contributed by atoms with Gasteiger partial charge in [-0.2, -0.15) is 0 Å². The van der Waals surface area contributed by atoms with Crippen molar-refractivity contribution in [2.75, 3.05) is 33.4 Å². The largest absolute Gasteiger partial charge is 0.496 e. The molecule has 100 valence electrons. The fraction of sp³-hybridized carbons (Fsp3) is 0.417. The topological polar surface area (TPSA) is 70.0 Å². The van der Waals surface area contributed by atoms with E-state index < -0.39 is 0 Å². The monoisotopic (exact) mass is 273 g/mol. The molecule has 6 heteroatoms. The van der Waals surface area contributed by atoms with Gasteiger partial charge in [0.25, 0.3) is 5.91 Å². The first-order valence-corrected chi connectivity index (χ1v) is 5.86. The van der Waals surface area contributed by atoms with Gasteiger partial charge in [-0.3, -0.25) is 4.79 Å². The zero-order chi connectivity index (χ0) is 13.5. The lowest BCUT2D eigenvalue weighted by atomic mass is 10.1. The van der Waals surface area contributed by atoms with Crippen molar-refractivity contribution in [3.8, 4) is 5.75 Å². The molecule has 2 N–H and O–H groups in total. The van der Waals surface area contributed by atoms with Gasteiger partial charge in [-0.1, -0.05) is 11.6 Å². The van der Waals surface area contributed by atoms with E-state index in [9.17, 15) is 4.79 Å². The second-order valence-electron chi connectivity index (χ2n) is 3.58. The van der Waals surface area contributed by atoms with Crippen LogP contribution in [-0.4, -0.2) is 54.4 Å². The lowest BCUT2D eigenvalue weighted by molar-refractivity contribution is 0.0681. The second kappa shape index (κ2) is 7.20. The highest BCUT2D eigenvalue weighted by Crippen LogP contribution is 2.23. The summed E-state index contributed by atoms with van der Waals surface area (Å²) in [5, 5.41) is 18.2. The molecule has 0 saturated heterocycles. The number of ether oxygens (including phenoxy) is 1. The van der Waals surface area contributed by atoms with Gasteiger partial charge in [0.15, 0.2) is 0 Å². The summed E-state index contributed by atoms with van der Waals surface area (Å²) in [6, 6.07) is 4.73. The first kappa shape index (κ1) is 14.8. The van der Waals surface area contributed by atoms with Crippen LogP contribution in [0.4, 0.5) is 0 Å². The zero-order valence-corrected chi connectivity index (χ0v) is 10.9. The molecule has 1 aromatic carbocycles. The third kappa shape index (κ3) is 3.60. The first-order chi connectivity index (χ1) is 8.63. The molecule has 1 rings (SSSR count). The van der Waals surface area contributed by atoms with E-state index in [0.717, 1.165) is 0 Å². The average Bonchev–Trinajstić information content (AvgIpc) is 2.37. The Morgan fingerprint density at radius 1 is 1.33 bits per heavy atom. The summed E-state index contributed by atoms with van der Waals surface area (Å²) in [6.07, 6.45) is 0. The Balaban J connectivity index is 3.02. The SMILES string of the molecule is COc1ccc(Cl)cc1C(=O)N(CCO)CCO. The number of methoxy groups -OCH3 is 1. The van der Waals surface area contributed by atoms with Gasteiger partial charge in [-0.25, -0.2) is 0 Å². The Hall–Kier alpha value is -1.30. The maximum absolute atomic E-state index is 12.2. The molecule has 0 bridgehead atoms. The standard InChI is InChI=1S/C12H16ClNO4/c1-18-11-3-2-9(13)8-10(11)12(17)14(4-6-15)5-7-16/h2-3,8,15-16H,4-7H2,1H3. The number of halogens is 1. The smallest absolute Gasteiger partial charge is 0.257 e. The lowest BCUT2D eigenvalue weighted by Crippen LogP contribution is -2.36. The quantitative estimate of drug-likeness (QED) is 0.803. The fourth-order valence-corrected chi connectivity index (χ4v) is 1.75. The van der Waals surface area contributed by atoms with Crippen LogP contribution in [0.25, 0.3) is 0 Å². The molecule has 0 aliphatic rings. The summed E-state index contributed by atoms with van der Waals surface area (Å²) < 4.78 is 5.10. The molecule has 0 fully saturated rings. The molecule has 0 aliphatic heterocycles. The van der Waals surface area contributed by atoms with E-state index in [1.54, 1.807) is 12.1 Å². The van der Waals surface area contributed by atoms with Gasteiger partial charge in [0, 0.05) is 18.1 Å². The highest BCUT2D eigenvalue weighted by Gasteiger charge is 2.19. The lowest BCUT2D eigenvalue weighted by Gasteiger charge is -2.21. The van der Waals surface area contributed by atoms with Crippen LogP contribution in [0, 0.1) is 0 Å². The van der Waals surface area contributed by atoms with Crippen LogP contribution in [-0.2, 0) is 0 Å². The number of aliphatic hydroxyl groups is 2. The zero-order valence-electron chi connectivity index (χ0n) is 10.1. The Kier molecular flexibility index (Phi) is 5.91. The number of amides is 1. The highest BCUT2D eigenvalue weighted by molar-refractivity contribution is 6.31. The molecule has 0 aliphatic carbocycles. The highest BCUT2D eigenvalue weighted by atomic mass is 35.5. The van der Waals surface area contributed by atoms with Crippen molar-refractivity contribution in [3.63, 3.8) is 0 Å². The number of hydrogen-bond acceptors (Lipinski definition) is 4. The maximum Gasteiger partial charge on any atom is 0.257 e. The molecule has 1 aromatic rings. The van der Waals surface area contributed by atoms with Gasteiger partial charge in [-0.05, 0) is 18.2 Å². The van der Waals surface area contributed by atoms with Crippen LogP contribution < -0.4 is 4.74 Å². The van der Waals surface area contributed by atoms with Crippen molar-refractivity contribution >= 4 is 17.5 Å². The number of rotatable bonds is 6. The van der Waals surface area contributed by atoms with Gasteiger partial charge in [0.05, 0.1) is 25.9 Å². The Labute approximate surface area is 111 Å². The summed E-state index contributed by atoms with van der Waals surface area (Å²) in [5.74, 6) is 0.0720. The van der Waals surface area contributed by atoms with Crippen molar-refractivity contribution in [1.29, 1.82) is 0 Å². The van der Waals surface area contributed by atoms with Gasteiger partial charge >= 0.3 is 0 Å². The molecule has 0 radical (unpaired) electrons. The Bertz CT molecular complexity index is 405.